The van der Waals surface area contributed by atoms with Crippen molar-refractivity contribution in [3.8, 4) is 0 Å². The molecule has 0 unspecified atom stereocenters. The molecule has 0 radical (unpaired) electrons. The van der Waals surface area contributed by atoms with E-state index < -0.39 is 17.0 Å². The van der Waals surface area contributed by atoms with E-state index in [0.29, 0.717) is 16.5 Å². The number of esters is 1. The predicted octanol–water partition coefficient (Wildman–Crippen LogP) is 3.15. The zero-order valence-corrected chi connectivity index (χ0v) is 14.3. The van der Waals surface area contributed by atoms with Crippen molar-refractivity contribution in [3.63, 3.8) is 0 Å². The fraction of sp³-hybridized carbons (Fsp3) is 0.105. The molecule has 0 aliphatic carbocycles. The Kier molecular flexibility index (Phi) is 5.07. The fourth-order valence-electron chi connectivity index (χ4n) is 2.47. The number of non-ortho nitro benzene ring substituents is 1. The van der Waals surface area contributed by atoms with Gasteiger partial charge in [-0.05, 0) is 30.7 Å². The molecule has 0 fully saturated rings. The first-order chi connectivity index (χ1) is 12.9. The van der Waals surface area contributed by atoms with Gasteiger partial charge in [-0.3, -0.25) is 14.9 Å². The largest absolute Gasteiger partial charge is 0.451 e. The van der Waals surface area contributed by atoms with Gasteiger partial charge >= 0.3 is 5.97 Å². The monoisotopic (exact) mass is 365 g/mol. The normalized spacial score (nSPS) is 12.2. The molecule has 0 bridgehead atoms. The summed E-state index contributed by atoms with van der Waals surface area (Å²) >= 11 is 0. The van der Waals surface area contributed by atoms with E-state index in [9.17, 15) is 19.7 Å². The van der Waals surface area contributed by atoms with Crippen molar-refractivity contribution < 1.29 is 14.5 Å². The number of nitrogens with zero attached hydrogens (tertiary/aromatic N) is 2. The van der Waals surface area contributed by atoms with Crippen molar-refractivity contribution >= 4 is 28.6 Å². The second kappa shape index (κ2) is 7.61. The number of aromatic amines is 1. The molecule has 0 aliphatic rings. The lowest BCUT2D eigenvalue weighted by Gasteiger charge is -2.11. The van der Waals surface area contributed by atoms with Crippen molar-refractivity contribution in [2.24, 2.45) is 0 Å². The molecule has 1 heterocycles. The number of H-pyrrole nitrogens is 1. The zero-order chi connectivity index (χ0) is 19.4. The van der Waals surface area contributed by atoms with Crippen LogP contribution >= 0.6 is 0 Å². The first-order valence-electron chi connectivity index (χ1n) is 8.06. The van der Waals surface area contributed by atoms with Gasteiger partial charge in [0.1, 0.15) is 0 Å². The van der Waals surface area contributed by atoms with Gasteiger partial charge < -0.3 is 9.72 Å². The third-order valence-corrected chi connectivity index (χ3v) is 3.80. The Morgan fingerprint density at radius 3 is 2.81 bits per heavy atom. The number of ether oxygens (including phenoxy) is 1. The summed E-state index contributed by atoms with van der Waals surface area (Å²) < 4.78 is 5.25. The van der Waals surface area contributed by atoms with Crippen LogP contribution in [-0.2, 0) is 9.53 Å². The van der Waals surface area contributed by atoms with Crippen LogP contribution in [0, 0.1) is 10.1 Å². The number of benzene rings is 2. The lowest BCUT2D eigenvalue weighted by molar-refractivity contribution is -0.384. The standard InChI is InChI=1S/C19H15N3O5/c1-12(18-20-16-8-3-2-7-15(16)19(24)21-18)27-17(23)10-9-13-5-4-6-14(11-13)22(25)26/h2-12H,1H3,(H,20,21,24)/b10-9+/t12-/m1/s1. The molecular weight excluding hydrogens is 350 g/mol. The lowest BCUT2D eigenvalue weighted by atomic mass is 10.2. The van der Waals surface area contributed by atoms with Gasteiger partial charge in [0.05, 0.1) is 15.8 Å². The molecule has 0 saturated carbocycles. The molecule has 1 atom stereocenters. The molecule has 1 N–H and O–H groups in total. The Balaban J connectivity index is 1.73. The van der Waals surface area contributed by atoms with E-state index in [2.05, 4.69) is 9.97 Å². The summed E-state index contributed by atoms with van der Waals surface area (Å²) in [4.78, 5) is 41.3. The second-order valence-corrected chi connectivity index (χ2v) is 5.73. The van der Waals surface area contributed by atoms with Crippen LogP contribution in [0.25, 0.3) is 17.0 Å². The third-order valence-electron chi connectivity index (χ3n) is 3.80. The zero-order valence-electron chi connectivity index (χ0n) is 14.3. The van der Waals surface area contributed by atoms with Crippen LogP contribution in [0.1, 0.15) is 24.4 Å². The summed E-state index contributed by atoms with van der Waals surface area (Å²) in [6.07, 6.45) is 1.80. The topological polar surface area (TPSA) is 115 Å². The number of hydrogen-bond acceptors (Lipinski definition) is 6. The summed E-state index contributed by atoms with van der Waals surface area (Å²) in [5.74, 6) is -0.430. The Morgan fingerprint density at radius 1 is 1.26 bits per heavy atom. The average Bonchev–Trinajstić information content (AvgIpc) is 2.66. The van der Waals surface area contributed by atoms with Crippen LogP contribution in [0.15, 0.2) is 59.4 Å². The highest BCUT2D eigenvalue weighted by Crippen LogP contribution is 2.16. The van der Waals surface area contributed by atoms with Crippen LogP contribution in [-0.4, -0.2) is 20.9 Å². The fourth-order valence-corrected chi connectivity index (χ4v) is 2.47. The van der Waals surface area contributed by atoms with Crippen LogP contribution in [0.2, 0.25) is 0 Å². The Hall–Kier alpha value is -3.81. The number of nitro groups is 1. The number of carbonyl (C=O) groups excluding carboxylic acids is 1. The molecule has 8 nitrogen and oxygen atoms in total. The highest BCUT2D eigenvalue weighted by atomic mass is 16.6. The Labute approximate surface area is 153 Å². The van der Waals surface area contributed by atoms with E-state index in [1.807, 2.05) is 0 Å². The minimum absolute atomic E-state index is 0.0724. The van der Waals surface area contributed by atoms with E-state index in [4.69, 9.17) is 4.74 Å². The summed E-state index contributed by atoms with van der Waals surface area (Å²) in [6.45, 7) is 1.59. The van der Waals surface area contributed by atoms with Gasteiger partial charge in [-0.25, -0.2) is 9.78 Å². The molecule has 0 amide bonds. The quantitative estimate of drug-likeness (QED) is 0.321. The summed E-state index contributed by atoms with van der Waals surface area (Å²) in [7, 11) is 0. The molecule has 8 heteroatoms. The van der Waals surface area contributed by atoms with Crippen molar-refractivity contribution in [3.05, 3.63) is 86.5 Å². The lowest BCUT2D eigenvalue weighted by Crippen LogP contribution is -2.16. The summed E-state index contributed by atoms with van der Waals surface area (Å²) in [5.41, 5.74) is 0.611. The minimum Gasteiger partial charge on any atom is -0.451 e. The van der Waals surface area contributed by atoms with Crippen LogP contribution in [0.3, 0.4) is 0 Å². The molecule has 0 saturated heterocycles. The van der Waals surface area contributed by atoms with Crippen LogP contribution < -0.4 is 5.56 Å². The van der Waals surface area contributed by atoms with Crippen LogP contribution in [0.4, 0.5) is 5.69 Å². The maximum absolute atomic E-state index is 12.1. The van der Waals surface area contributed by atoms with Crippen LogP contribution in [0.5, 0.6) is 0 Å². The van der Waals surface area contributed by atoms with E-state index in [-0.39, 0.29) is 17.1 Å². The SMILES string of the molecule is C[C@@H](OC(=O)/C=C/c1cccc([N+](=O)[O-])c1)c1nc2ccccc2c(=O)[nH]1. The van der Waals surface area contributed by atoms with Gasteiger partial charge in [-0.1, -0.05) is 24.3 Å². The molecule has 2 aromatic carbocycles. The van der Waals surface area contributed by atoms with Gasteiger partial charge in [0.15, 0.2) is 11.9 Å². The van der Waals surface area contributed by atoms with Gasteiger partial charge in [0.25, 0.3) is 11.2 Å². The number of rotatable bonds is 5. The first kappa shape index (κ1) is 18.0. The van der Waals surface area contributed by atoms with E-state index in [1.54, 1.807) is 37.3 Å². The molecule has 0 aliphatic heterocycles. The van der Waals surface area contributed by atoms with E-state index >= 15 is 0 Å². The van der Waals surface area contributed by atoms with Crippen molar-refractivity contribution in [1.82, 2.24) is 9.97 Å². The third kappa shape index (κ3) is 4.24. The number of aromatic nitrogens is 2. The Bertz CT molecular complexity index is 1100. The molecule has 0 spiro atoms. The Morgan fingerprint density at radius 2 is 2.04 bits per heavy atom. The maximum Gasteiger partial charge on any atom is 0.331 e. The number of para-hydroxylation sites is 1. The second-order valence-electron chi connectivity index (χ2n) is 5.73. The summed E-state index contributed by atoms with van der Waals surface area (Å²) in [5, 5.41) is 11.2. The van der Waals surface area contributed by atoms with Crippen molar-refractivity contribution in [1.29, 1.82) is 0 Å². The number of carbonyl (C=O) groups is 1. The predicted molar refractivity (Wildman–Crippen MR) is 99.0 cm³/mol. The number of fused-ring (bicyclic) bond motifs is 1. The smallest absolute Gasteiger partial charge is 0.331 e. The molecule has 136 valence electrons. The van der Waals surface area contributed by atoms with Gasteiger partial charge in [0.2, 0.25) is 0 Å². The highest BCUT2D eigenvalue weighted by molar-refractivity contribution is 5.87. The molecular formula is C19H15N3O5. The minimum atomic E-state index is -0.774. The molecule has 1 aromatic heterocycles. The molecule has 3 rings (SSSR count). The number of hydrogen-bond donors (Lipinski definition) is 1. The average molecular weight is 365 g/mol. The summed E-state index contributed by atoms with van der Waals surface area (Å²) in [6, 6.07) is 12.7. The van der Waals surface area contributed by atoms with Crippen molar-refractivity contribution in [2.75, 3.05) is 0 Å². The number of nitro benzene ring substituents is 1. The van der Waals surface area contributed by atoms with Gasteiger partial charge in [0, 0.05) is 18.2 Å². The van der Waals surface area contributed by atoms with Gasteiger partial charge in [-0.15, -0.1) is 0 Å². The first-order valence-corrected chi connectivity index (χ1v) is 8.06. The van der Waals surface area contributed by atoms with E-state index in [0.717, 1.165) is 6.08 Å². The highest BCUT2D eigenvalue weighted by Gasteiger charge is 2.14. The van der Waals surface area contributed by atoms with Gasteiger partial charge in [-0.2, -0.15) is 0 Å². The molecule has 3 aromatic rings. The van der Waals surface area contributed by atoms with Crippen molar-refractivity contribution in [2.45, 2.75) is 13.0 Å². The molecule has 27 heavy (non-hydrogen) atoms. The maximum atomic E-state index is 12.1. The van der Waals surface area contributed by atoms with E-state index in [1.165, 1.54) is 24.3 Å². The number of nitrogens with one attached hydrogen (secondary N) is 1.